The van der Waals surface area contributed by atoms with Gasteiger partial charge < -0.3 is 10.2 Å². The quantitative estimate of drug-likeness (QED) is 0.697. The Morgan fingerprint density at radius 3 is 2.45 bits per heavy atom. The van der Waals surface area contributed by atoms with Crippen molar-refractivity contribution in [2.24, 2.45) is 0 Å². The summed E-state index contributed by atoms with van der Waals surface area (Å²) in [4.78, 5) is 33.3. The Labute approximate surface area is 172 Å². The molecular formula is C23H30N4O2. The molecule has 1 saturated heterocycles. The summed E-state index contributed by atoms with van der Waals surface area (Å²) in [6.07, 6.45) is 3.56. The van der Waals surface area contributed by atoms with Crippen LogP contribution in [0.15, 0.2) is 48.8 Å². The van der Waals surface area contributed by atoms with Crippen molar-refractivity contribution in [3.63, 3.8) is 0 Å². The van der Waals surface area contributed by atoms with Gasteiger partial charge >= 0.3 is 0 Å². The summed E-state index contributed by atoms with van der Waals surface area (Å²) in [6.45, 7) is 6.63. The van der Waals surface area contributed by atoms with Gasteiger partial charge in [0, 0.05) is 63.5 Å². The van der Waals surface area contributed by atoms with Crippen LogP contribution in [0.1, 0.15) is 40.4 Å². The number of aromatic nitrogens is 1. The van der Waals surface area contributed by atoms with Gasteiger partial charge in [-0.3, -0.25) is 19.5 Å². The number of Topliss-reactive ketones (excluding diaryl/α,β-unsaturated/α-hetero) is 1. The lowest BCUT2D eigenvalue weighted by atomic mass is 10.0. The fourth-order valence-electron chi connectivity index (χ4n) is 3.58. The molecule has 2 aromatic rings. The number of pyridine rings is 1. The predicted octanol–water partition coefficient (Wildman–Crippen LogP) is 2.46. The largest absolute Gasteiger partial charge is 0.354 e. The molecule has 0 saturated carbocycles. The zero-order valence-electron chi connectivity index (χ0n) is 17.3. The Balaban J connectivity index is 1.56. The third-order valence-corrected chi connectivity index (χ3v) is 5.50. The van der Waals surface area contributed by atoms with Gasteiger partial charge in [-0.15, -0.1) is 0 Å². The maximum absolute atomic E-state index is 12.4. The first kappa shape index (κ1) is 21.1. The van der Waals surface area contributed by atoms with Crippen LogP contribution in [0.4, 0.5) is 0 Å². The van der Waals surface area contributed by atoms with Gasteiger partial charge in [-0.1, -0.05) is 29.8 Å². The lowest BCUT2D eigenvalue weighted by molar-refractivity contribution is -0.121. The lowest BCUT2D eigenvalue weighted by Gasteiger charge is -2.38. The van der Waals surface area contributed by atoms with E-state index in [2.05, 4.69) is 58.3 Å². The van der Waals surface area contributed by atoms with E-state index in [9.17, 15) is 9.59 Å². The molecule has 6 heteroatoms. The molecule has 0 bridgehead atoms. The zero-order valence-corrected chi connectivity index (χ0v) is 17.3. The second kappa shape index (κ2) is 10.3. The summed E-state index contributed by atoms with van der Waals surface area (Å²) in [6, 6.07) is 12.1. The number of amides is 1. The third-order valence-electron chi connectivity index (χ3n) is 5.50. The number of rotatable bonds is 8. The Morgan fingerprint density at radius 1 is 1.07 bits per heavy atom. The number of nitrogens with one attached hydrogen (secondary N) is 1. The minimum absolute atomic E-state index is 0.0533. The monoisotopic (exact) mass is 394 g/mol. The molecule has 1 atom stereocenters. The summed E-state index contributed by atoms with van der Waals surface area (Å²) in [5.74, 6) is -0.143. The van der Waals surface area contributed by atoms with Crippen LogP contribution in [0.3, 0.4) is 0 Å². The van der Waals surface area contributed by atoms with Gasteiger partial charge in [0.25, 0.3) is 0 Å². The molecule has 1 aliphatic heterocycles. The molecule has 6 nitrogen and oxygen atoms in total. The van der Waals surface area contributed by atoms with E-state index in [0.717, 1.165) is 26.2 Å². The number of nitrogens with zero attached hydrogens (tertiary/aromatic N) is 3. The van der Waals surface area contributed by atoms with Gasteiger partial charge in [0.05, 0.1) is 6.04 Å². The summed E-state index contributed by atoms with van der Waals surface area (Å²) in [5, 5.41) is 3.05. The highest BCUT2D eigenvalue weighted by Gasteiger charge is 2.24. The number of carbonyl (C=O) groups is 2. The van der Waals surface area contributed by atoms with E-state index >= 15 is 0 Å². The first-order chi connectivity index (χ1) is 14.0. The molecular weight excluding hydrogens is 364 g/mol. The first-order valence-corrected chi connectivity index (χ1v) is 10.2. The van der Waals surface area contributed by atoms with E-state index in [4.69, 9.17) is 0 Å². The highest BCUT2D eigenvalue weighted by Crippen LogP contribution is 2.22. The van der Waals surface area contributed by atoms with Gasteiger partial charge in [-0.05, 0) is 31.7 Å². The fraction of sp³-hybridized carbons (Fsp3) is 0.435. The minimum atomic E-state index is -0.0894. The summed E-state index contributed by atoms with van der Waals surface area (Å²) in [5.41, 5.74) is 2.99. The molecule has 0 radical (unpaired) electrons. The van der Waals surface area contributed by atoms with Crippen LogP contribution in [0.25, 0.3) is 0 Å². The number of hydrogen-bond acceptors (Lipinski definition) is 5. The molecule has 1 amide bonds. The highest BCUT2D eigenvalue weighted by molar-refractivity contribution is 5.97. The van der Waals surface area contributed by atoms with Crippen molar-refractivity contribution in [1.82, 2.24) is 20.1 Å². The first-order valence-electron chi connectivity index (χ1n) is 10.2. The molecule has 2 heterocycles. The number of ketones is 1. The molecule has 0 spiro atoms. The number of likely N-dealkylation sites (N-methyl/N-ethyl adjacent to an activating group) is 1. The molecule has 1 unspecified atom stereocenters. The smallest absolute Gasteiger partial charge is 0.220 e. The molecule has 1 aromatic heterocycles. The maximum Gasteiger partial charge on any atom is 0.220 e. The van der Waals surface area contributed by atoms with E-state index in [0.29, 0.717) is 12.1 Å². The maximum atomic E-state index is 12.4. The van der Waals surface area contributed by atoms with Gasteiger partial charge in [0.2, 0.25) is 5.91 Å². The summed E-state index contributed by atoms with van der Waals surface area (Å²) >= 11 is 0. The van der Waals surface area contributed by atoms with Gasteiger partial charge in [0.1, 0.15) is 0 Å². The summed E-state index contributed by atoms with van der Waals surface area (Å²) < 4.78 is 0. The van der Waals surface area contributed by atoms with Gasteiger partial charge in [-0.25, -0.2) is 0 Å². The van der Waals surface area contributed by atoms with Crippen LogP contribution in [-0.4, -0.2) is 66.2 Å². The fourth-order valence-corrected chi connectivity index (χ4v) is 3.58. The third kappa shape index (κ3) is 6.21. The number of hydrogen-bond donors (Lipinski definition) is 1. The van der Waals surface area contributed by atoms with Crippen molar-refractivity contribution in [1.29, 1.82) is 0 Å². The van der Waals surface area contributed by atoms with Crippen molar-refractivity contribution >= 4 is 11.7 Å². The van der Waals surface area contributed by atoms with E-state index < -0.39 is 0 Å². The van der Waals surface area contributed by atoms with Crippen LogP contribution in [-0.2, 0) is 4.79 Å². The number of carbonyl (C=O) groups excluding carboxylic acids is 2. The molecule has 1 aliphatic rings. The van der Waals surface area contributed by atoms with E-state index in [1.54, 1.807) is 24.5 Å². The number of benzene rings is 1. The second-order valence-corrected chi connectivity index (χ2v) is 7.73. The Morgan fingerprint density at radius 2 is 1.79 bits per heavy atom. The van der Waals surface area contributed by atoms with Gasteiger partial charge in [0.15, 0.2) is 5.78 Å². The van der Waals surface area contributed by atoms with Crippen LogP contribution < -0.4 is 5.32 Å². The molecule has 1 aromatic carbocycles. The normalized spacial score (nSPS) is 16.3. The van der Waals surface area contributed by atoms with Crippen LogP contribution in [0, 0.1) is 6.92 Å². The van der Waals surface area contributed by atoms with Gasteiger partial charge in [-0.2, -0.15) is 0 Å². The van der Waals surface area contributed by atoms with E-state index in [1.807, 2.05) is 0 Å². The predicted molar refractivity (Wildman–Crippen MR) is 114 cm³/mol. The zero-order chi connectivity index (χ0) is 20.6. The van der Waals surface area contributed by atoms with Crippen LogP contribution in [0.2, 0.25) is 0 Å². The average Bonchev–Trinajstić information content (AvgIpc) is 2.75. The van der Waals surface area contributed by atoms with Crippen molar-refractivity contribution < 1.29 is 9.59 Å². The number of piperazine rings is 1. The molecule has 154 valence electrons. The molecule has 0 aliphatic carbocycles. The van der Waals surface area contributed by atoms with Crippen molar-refractivity contribution in [2.45, 2.75) is 25.8 Å². The molecule has 1 N–H and O–H groups in total. The van der Waals surface area contributed by atoms with E-state index in [-0.39, 0.29) is 30.6 Å². The number of aryl methyl sites for hydroxylation is 1. The Hall–Kier alpha value is -2.57. The van der Waals surface area contributed by atoms with Crippen LogP contribution >= 0.6 is 0 Å². The standard InChI is InChI=1S/C23H30N4O2/c1-18-5-7-19(8-6-18)21(27-14-12-26(2)13-15-27)17-25-23(29)10-9-22(28)20-4-3-11-24-16-20/h3-8,11,16,21H,9-10,12-15,17H2,1-2H3,(H,25,29). The van der Waals surface area contributed by atoms with Crippen molar-refractivity contribution in [3.05, 3.63) is 65.5 Å². The minimum Gasteiger partial charge on any atom is -0.354 e. The Bertz CT molecular complexity index is 799. The average molecular weight is 395 g/mol. The second-order valence-electron chi connectivity index (χ2n) is 7.73. The summed E-state index contributed by atoms with van der Waals surface area (Å²) in [7, 11) is 2.14. The molecule has 3 rings (SSSR count). The Kier molecular flexibility index (Phi) is 7.49. The molecule has 1 fully saturated rings. The SMILES string of the molecule is Cc1ccc(C(CNC(=O)CCC(=O)c2cccnc2)N2CCN(C)CC2)cc1. The van der Waals surface area contributed by atoms with E-state index in [1.165, 1.54) is 11.1 Å². The topological polar surface area (TPSA) is 65.5 Å². The van der Waals surface area contributed by atoms with Crippen molar-refractivity contribution in [3.8, 4) is 0 Å². The van der Waals surface area contributed by atoms with Crippen LogP contribution in [0.5, 0.6) is 0 Å². The molecule has 29 heavy (non-hydrogen) atoms. The van der Waals surface area contributed by atoms with Crippen molar-refractivity contribution in [2.75, 3.05) is 39.8 Å². The lowest BCUT2D eigenvalue weighted by Crippen LogP contribution is -2.48. The highest BCUT2D eigenvalue weighted by atomic mass is 16.2.